The van der Waals surface area contributed by atoms with Crippen LogP contribution in [0.5, 0.6) is 0 Å². The molecule has 2 amide bonds. The summed E-state index contributed by atoms with van der Waals surface area (Å²) < 4.78 is 5.38. The van der Waals surface area contributed by atoms with Gasteiger partial charge in [0, 0.05) is 20.2 Å². The summed E-state index contributed by atoms with van der Waals surface area (Å²) in [5.41, 5.74) is -0.812. The lowest BCUT2D eigenvalue weighted by atomic mass is 9.76. The first kappa shape index (κ1) is 16.1. The number of hydrogen-bond acceptors (Lipinski definition) is 3. The Balaban J connectivity index is 1.97. The molecule has 1 saturated carbocycles. The minimum Gasteiger partial charge on any atom is -0.481 e. The number of methoxy groups -OCH3 is 1. The fourth-order valence-corrected chi connectivity index (χ4v) is 3.52. The molecule has 120 valence electrons. The molecule has 0 aromatic rings. The number of nitrogens with one attached hydrogen (secondary N) is 1. The zero-order valence-corrected chi connectivity index (χ0v) is 13.1. The van der Waals surface area contributed by atoms with Gasteiger partial charge in [0.25, 0.3) is 0 Å². The van der Waals surface area contributed by atoms with E-state index in [1.807, 2.05) is 13.8 Å². The van der Waals surface area contributed by atoms with Crippen molar-refractivity contribution >= 4 is 12.0 Å². The zero-order valence-electron chi connectivity index (χ0n) is 13.1. The van der Waals surface area contributed by atoms with Gasteiger partial charge in [-0.1, -0.05) is 13.8 Å². The van der Waals surface area contributed by atoms with Crippen LogP contribution in [0, 0.1) is 11.3 Å². The highest BCUT2D eigenvalue weighted by atomic mass is 16.5. The Hall–Kier alpha value is -1.30. The van der Waals surface area contributed by atoms with Gasteiger partial charge in [-0.25, -0.2) is 4.79 Å². The van der Waals surface area contributed by atoms with Crippen molar-refractivity contribution in [3.63, 3.8) is 0 Å². The van der Waals surface area contributed by atoms with Crippen molar-refractivity contribution < 1.29 is 19.4 Å². The van der Waals surface area contributed by atoms with E-state index in [1.165, 1.54) is 0 Å². The van der Waals surface area contributed by atoms with Gasteiger partial charge in [-0.05, 0) is 31.6 Å². The van der Waals surface area contributed by atoms with Crippen molar-refractivity contribution in [1.82, 2.24) is 10.2 Å². The van der Waals surface area contributed by atoms with Gasteiger partial charge in [0.05, 0.1) is 17.6 Å². The Kier molecular flexibility index (Phi) is 4.76. The predicted molar refractivity (Wildman–Crippen MR) is 78.1 cm³/mol. The van der Waals surface area contributed by atoms with Crippen LogP contribution in [0.25, 0.3) is 0 Å². The molecule has 0 aromatic carbocycles. The summed E-state index contributed by atoms with van der Waals surface area (Å²) in [4.78, 5) is 25.6. The average Bonchev–Trinajstić information content (AvgIpc) is 3.05. The minimum absolute atomic E-state index is 0.00556. The summed E-state index contributed by atoms with van der Waals surface area (Å²) in [7, 11) is 1.67. The van der Waals surface area contributed by atoms with E-state index in [2.05, 4.69) is 5.32 Å². The van der Waals surface area contributed by atoms with E-state index in [9.17, 15) is 14.7 Å². The second-order valence-electron chi connectivity index (χ2n) is 6.55. The Morgan fingerprint density at radius 1 is 1.38 bits per heavy atom. The molecule has 1 heterocycles. The quantitative estimate of drug-likeness (QED) is 0.828. The number of carbonyl (C=O) groups excluding carboxylic acids is 1. The van der Waals surface area contributed by atoms with E-state index in [0.717, 1.165) is 19.3 Å². The number of likely N-dealkylation sites (tertiary alicyclic amines) is 1. The normalized spacial score (nSPS) is 32.7. The summed E-state index contributed by atoms with van der Waals surface area (Å²) in [5.74, 6) is -0.797. The zero-order chi connectivity index (χ0) is 15.6. The molecule has 3 atom stereocenters. The van der Waals surface area contributed by atoms with Gasteiger partial charge in [0.2, 0.25) is 0 Å². The summed E-state index contributed by atoms with van der Waals surface area (Å²) in [6.07, 6.45) is 3.53. The van der Waals surface area contributed by atoms with Gasteiger partial charge in [-0.15, -0.1) is 0 Å². The molecule has 2 fully saturated rings. The van der Waals surface area contributed by atoms with Crippen molar-refractivity contribution in [2.75, 3.05) is 20.2 Å². The Bertz CT molecular complexity index is 412. The van der Waals surface area contributed by atoms with Crippen LogP contribution >= 0.6 is 0 Å². The van der Waals surface area contributed by atoms with Crippen LogP contribution in [0.4, 0.5) is 4.79 Å². The van der Waals surface area contributed by atoms with E-state index in [1.54, 1.807) is 12.0 Å². The summed E-state index contributed by atoms with van der Waals surface area (Å²) in [6, 6.07) is -0.117. The molecule has 0 aromatic heterocycles. The lowest BCUT2D eigenvalue weighted by molar-refractivity contribution is -0.150. The molecule has 1 aliphatic heterocycles. The Morgan fingerprint density at radius 2 is 2.10 bits per heavy atom. The first-order chi connectivity index (χ1) is 9.90. The van der Waals surface area contributed by atoms with Gasteiger partial charge >= 0.3 is 12.0 Å². The summed E-state index contributed by atoms with van der Waals surface area (Å²) in [6.45, 7) is 4.61. The first-order valence-electron chi connectivity index (χ1n) is 7.72. The highest BCUT2D eigenvalue weighted by Crippen LogP contribution is 2.38. The topological polar surface area (TPSA) is 78.9 Å². The Morgan fingerprint density at radius 3 is 2.62 bits per heavy atom. The van der Waals surface area contributed by atoms with Crippen molar-refractivity contribution in [3.05, 3.63) is 0 Å². The number of hydrogen-bond donors (Lipinski definition) is 2. The summed E-state index contributed by atoms with van der Waals surface area (Å²) >= 11 is 0. The number of carbonyl (C=O) groups is 2. The van der Waals surface area contributed by atoms with E-state index in [-0.39, 0.29) is 30.6 Å². The van der Waals surface area contributed by atoms with Crippen LogP contribution in [-0.2, 0) is 9.53 Å². The van der Waals surface area contributed by atoms with E-state index < -0.39 is 11.4 Å². The maximum absolute atomic E-state index is 12.4. The first-order valence-corrected chi connectivity index (χ1v) is 7.72. The van der Waals surface area contributed by atoms with Crippen LogP contribution in [0.1, 0.15) is 39.5 Å². The average molecular weight is 298 g/mol. The molecule has 2 rings (SSSR count). The third-order valence-corrected chi connectivity index (χ3v) is 5.18. The number of amides is 2. The van der Waals surface area contributed by atoms with Crippen LogP contribution in [0.15, 0.2) is 0 Å². The molecule has 6 heteroatoms. The fraction of sp³-hybridized carbons (Fsp3) is 0.867. The van der Waals surface area contributed by atoms with E-state index in [4.69, 9.17) is 4.74 Å². The molecule has 1 aliphatic carbocycles. The molecule has 6 nitrogen and oxygen atoms in total. The van der Waals surface area contributed by atoms with Gasteiger partial charge in [0.15, 0.2) is 0 Å². The van der Waals surface area contributed by atoms with Gasteiger partial charge in [-0.2, -0.15) is 0 Å². The maximum atomic E-state index is 12.4. The van der Waals surface area contributed by atoms with Gasteiger partial charge in [-0.3, -0.25) is 4.79 Å². The van der Waals surface area contributed by atoms with Crippen LogP contribution in [0.2, 0.25) is 0 Å². The SMILES string of the molecule is COC1CCCC1NC(=O)N1CCC(C(=O)O)(C(C)C)C1. The van der Waals surface area contributed by atoms with Gasteiger partial charge in [0.1, 0.15) is 0 Å². The molecule has 0 bridgehead atoms. The second kappa shape index (κ2) is 6.22. The van der Waals surface area contributed by atoms with Crippen LogP contribution in [-0.4, -0.2) is 54.4 Å². The molecular formula is C15H26N2O4. The predicted octanol–water partition coefficient (Wildman–Crippen LogP) is 1.70. The lowest BCUT2D eigenvalue weighted by Crippen LogP contribution is -2.48. The maximum Gasteiger partial charge on any atom is 0.317 e. The highest BCUT2D eigenvalue weighted by Gasteiger charge is 2.48. The monoisotopic (exact) mass is 298 g/mol. The molecule has 1 saturated heterocycles. The third-order valence-electron chi connectivity index (χ3n) is 5.18. The number of carboxylic acids is 1. The number of ether oxygens (including phenoxy) is 1. The Labute approximate surface area is 125 Å². The minimum atomic E-state index is -0.812. The van der Waals surface area contributed by atoms with Crippen molar-refractivity contribution in [2.45, 2.75) is 51.7 Å². The molecule has 0 radical (unpaired) electrons. The van der Waals surface area contributed by atoms with Crippen LogP contribution in [0.3, 0.4) is 0 Å². The molecule has 3 unspecified atom stereocenters. The van der Waals surface area contributed by atoms with Gasteiger partial charge < -0.3 is 20.1 Å². The smallest absolute Gasteiger partial charge is 0.317 e. The van der Waals surface area contributed by atoms with Crippen molar-refractivity contribution in [1.29, 1.82) is 0 Å². The standard InChI is InChI=1S/C15H26N2O4/c1-10(2)15(13(18)19)7-8-17(9-15)14(20)16-11-5-4-6-12(11)21-3/h10-12H,4-9H2,1-3H3,(H,16,20)(H,18,19). The number of nitrogens with zero attached hydrogens (tertiary/aromatic N) is 1. The van der Waals surface area contributed by atoms with Crippen LogP contribution < -0.4 is 5.32 Å². The molecular weight excluding hydrogens is 272 g/mol. The molecule has 0 spiro atoms. The molecule has 2 aliphatic rings. The number of aliphatic carboxylic acids is 1. The van der Waals surface area contributed by atoms with E-state index >= 15 is 0 Å². The van der Waals surface area contributed by atoms with Crippen molar-refractivity contribution in [2.24, 2.45) is 11.3 Å². The summed E-state index contributed by atoms with van der Waals surface area (Å²) in [5, 5.41) is 12.5. The second-order valence-corrected chi connectivity index (χ2v) is 6.55. The third kappa shape index (κ3) is 3.00. The lowest BCUT2D eigenvalue weighted by Gasteiger charge is -2.29. The van der Waals surface area contributed by atoms with Crippen molar-refractivity contribution in [3.8, 4) is 0 Å². The molecule has 2 N–H and O–H groups in total. The largest absolute Gasteiger partial charge is 0.481 e. The number of rotatable bonds is 4. The fourth-order valence-electron chi connectivity index (χ4n) is 3.52. The molecule has 21 heavy (non-hydrogen) atoms. The van der Waals surface area contributed by atoms with E-state index in [0.29, 0.717) is 13.0 Å². The highest BCUT2D eigenvalue weighted by molar-refractivity contribution is 5.80. The number of urea groups is 1. The number of carboxylic acid groups (broad SMARTS) is 1.